The summed E-state index contributed by atoms with van der Waals surface area (Å²) >= 11 is 0. The van der Waals surface area contributed by atoms with Gasteiger partial charge < -0.3 is 23.5 Å². The molecule has 4 rings (SSSR count). The van der Waals surface area contributed by atoms with Crippen molar-refractivity contribution in [3.63, 3.8) is 0 Å². The van der Waals surface area contributed by atoms with E-state index in [0.717, 1.165) is 48.8 Å². The zero-order valence-electron chi connectivity index (χ0n) is 19.0. The van der Waals surface area contributed by atoms with Gasteiger partial charge in [-0.05, 0) is 51.8 Å². The molecule has 1 aliphatic rings. The van der Waals surface area contributed by atoms with Crippen molar-refractivity contribution >= 4 is 5.91 Å². The first-order chi connectivity index (χ1) is 15.5. The summed E-state index contributed by atoms with van der Waals surface area (Å²) in [6.07, 6.45) is 3.69. The van der Waals surface area contributed by atoms with E-state index in [4.69, 9.17) is 14.0 Å². The molecule has 1 saturated heterocycles. The maximum Gasteiger partial charge on any atom is 0.254 e. The van der Waals surface area contributed by atoms with Crippen LogP contribution < -0.4 is 9.47 Å². The fraction of sp³-hybridized carbons (Fsp3) is 0.478. The van der Waals surface area contributed by atoms with Crippen LogP contribution in [0.25, 0.3) is 0 Å². The fourth-order valence-corrected chi connectivity index (χ4v) is 4.16. The molecule has 1 unspecified atom stereocenters. The molecule has 1 atom stereocenters. The molecule has 170 valence electrons. The number of carbonyl (C=O) groups is 1. The minimum Gasteiger partial charge on any atom is -0.493 e. The van der Waals surface area contributed by atoms with Crippen LogP contribution in [-0.4, -0.2) is 50.9 Å². The van der Waals surface area contributed by atoms with Crippen molar-refractivity contribution in [2.24, 2.45) is 0 Å². The second-order valence-electron chi connectivity index (χ2n) is 8.02. The summed E-state index contributed by atoms with van der Waals surface area (Å²) in [6, 6.07) is 5.30. The first-order valence-corrected chi connectivity index (χ1v) is 10.9. The Kier molecular flexibility index (Phi) is 6.43. The lowest BCUT2D eigenvalue weighted by molar-refractivity contribution is 0.0702. The second-order valence-corrected chi connectivity index (χ2v) is 8.02. The lowest BCUT2D eigenvalue weighted by Gasteiger charge is -2.32. The first-order valence-electron chi connectivity index (χ1n) is 10.9. The summed E-state index contributed by atoms with van der Waals surface area (Å²) in [5, 5.41) is 12.3. The number of methoxy groups -OCH3 is 1. The van der Waals surface area contributed by atoms with Gasteiger partial charge in [-0.15, -0.1) is 10.2 Å². The molecule has 9 nitrogen and oxygen atoms in total. The third kappa shape index (κ3) is 4.32. The van der Waals surface area contributed by atoms with Gasteiger partial charge in [-0.1, -0.05) is 5.16 Å². The monoisotopic (exact) mass is 439 g/mol. The van der Waals surface area contributed by atoms with Gasteiger partial charge in [-0.2, -0.15) is 0 Å². The highest BCUT2D eigenvalue weighted by Gasteiger charge is 2.28. The van der Waals surface area contributed by atoms with Gasteiger partial charge in [0.15, 0.2) is 11.5 Å². The molecule has 0 bridgehead atoms. The summed E-state index contributed by atoms with van der Waals surface area (Å²) < 4.78 is 18.7. The zero-order valence-corrected chi connectivity index (χ0v) is 19.0. The van der Waals surface area contributed by atoms with Crippen LogP contribution in [0.3, 0.4) is 0 Å². The Labute approximate surface area is 187 Å². The zero-order chi connectivity index (χ0) is 22.7. The molecular formula is C23H29N5O4. The molecular weight excluding hydrogens is 410 g/mol. The molecule has 32 heavy (non-hydrogen) atoms. The number of hydrogen-bond acceptors (Lipinski definition) is 7. The highest BCUT2D eigenvalue weighted by atomic mass is 16.5. The van der Waals surface area contributed by atoms with Crippen molar-refractivity contribution in [1.82, 2.24) is 24.8 Å². The molecule has 3 heterocycles. The number of amides is 1. The van der Waals surface area contributed by atoms with E-state index in [-0.39, 0.29) is 11.8 Å². The largest absolute Gasteiger partial charge is 0.493 e. The van der Waals surface area contributed by atoms with Gasteiger partial charge in [0.2, 0.25) is 0 Å². The van der Waals surface area contributed by atoms with Crippen LogP contribution in [0.15, 0.2) is 29.0 Å². The van der Waals surface area contributed by atoms with Crippen LogP contribution in [0.5, 0.6) is 11.5 Å². The van der Waals surface area contributed by atoms with Crippen LogP contribution in [0.2, 0.25) is 0 Å². The van der Waals surface area contributed by atoms with E-state index in [1.54, 1.807) is 31.6 Å². The summed E-state index contributed by atoms with van der Waals surface area (Å²) in [6.45, 7) is 8.29. The van der Waals surface area contributed by atoms with E-state index in [2.05, 4.69) is 22.3 Å². The number of ether oxygens (including phenoxy) is 2. The molecule has 1 aliphatic heterocycles. The third-order valence-corrected chi connectivity index (χ3v) is 6.02. The van der Waals surface area contributed by atoms with E-state index in [9.17, 15) is 4.79 Å². The van der Waals surface area contributed by atoms with Crippen molar-refractivity contribution in [1.29, 1.82) is 0 Å². The number of piperidine rings is 1. The lowest BCUT2D eigenvalue weighted by atomic mass is 9.96. The lowest BCUT2D eigenvalue weighted by Crippen LogP contribution is -2.39. The molecule has 2 aromatic heterocycles. The fourth-order valence-electron chi connectivity index (χ4n) is 4.16. The Morgan fingerprint density at radius 2 is 2.12 bits per heavy atom. The third-order valence-electron chi connectivity index (χ3n) is 6.02. The topological polar surface area (TPSA) is 95.5 Å². The Balaban J connectivity index is 1.47. The Bertz CT molecular complexity index is 1070. The quantitative estimate of drug-likeness (QED) is 0.556. The molecule has 9 heteroatoms. The van der Waals surface area contributed by atoms with E-state index in [0.29, 0.717) is 30.2 Å². The highest BCUT2D eigenvalue weighted by molar-refractivity contribution is 5.95. The molecule has 0 radical (unpaired) electrons. The van der Waals surface area contributed by atoms with Crippen molar-refractivity contribution < 1.29 is 18.8 Å². The molecule has 0 spiro atoms. The summed E-state index contributed by atoms with van der Waals surface area (Å²) in [4.78, 5) is 15.1. The van der Waals surface area contributed by atoms with Crippen LogP contribution in [0, 0.1) is 13.8 Å². The number of aryl methyl sites for hydroxylation is 3. The molecule has 0 saturated carbocycles. The minimum atomic E-state index is -0.0205. The first kappa shape index (κ1) is 21.9. The van der Waals surface area contributed by atoms with Crippen molar-refractivity contribution in [3.05, 3.63) is 52.9 Å². The Morgan fingerprint density at radius 1 is 1.28 bits per heavy atom. The van der Waals surface area contributed by atoms with Gasteiger partial charge in [-0.25, -0.2) is 0 Å². The summed E-state index contributed by atoms with van der Waals surface area (Å²) in [5.41, 5.74) is 2.28. The van der Waals surface area contributed by atoms with Crippen LogP contribution >= 0.6 is 0 Å². The normalized spacial score (nSPS) is 16.2. The molecule has 3 aromatic rings. The average Bonchev–Trinajstić information content (AvgIpc) is 3.43. The molecule has 1 aromatic carbocycles. The van der Waals surface area contributed by atoms with Gasteiger partial charge in [0.1, 0.15) is 24.5 Å². The predicted molar refractivity (Wildman–Crippen MR) is 117 cm³/mol. The van der Waals surface area contributed by atoms with Gasteiger partial charge >= 0.3 is 0 Å². The predicted octanol–water partition coefficient (Wildman–Crippen LogP) is 3.51. The number of carbonyl (C=O) groups excluding carboxylic acids is 1. The van der Waals surface area contributed by atoms with E-state index >= 15 is 0 Å². The maximum absolute atomic E-state index is 13.2. The number of hydrogen-bond donors (Lipinski definition) is 0. The standard InChI is InChI=1S/C23H29N5O4/c1-5-27-14-24-25-22(27)18-7-6-10-28(12-18)23(29)17-8-9-20(21(11-17)30-4)31-13-19-15(2)26-32-16(19)3/h8-9,11,14,18H,5-7,10,12-13H2,1-4H3. The second kappa shape index (κ2) is 9.42. The van der Waals surface area contributed by atoms with Crippen LogP contribution in [0.4, 0.5) is 0 Å². The Hall–Kier alpha value is -3.36. The molecule has 1 amide bonds. The SMILES string of the molecule is CCn1cnnc1C1CCCN(C(=O)c2ccc(OCc3c(C)noc3C)c(OC)c2)C1. The van der Waals surface area contributed by atoms with Crippen molar-refractivity contribution in [3.8, 4) is 11.5 Å². The van der Waals surface area contributed by atoms with Gasteiger partial charge in [0.25, 0.3) is 5.91 Å². The van der Waals surface area contributed by atoms with E-state index in [1.165, 1.54) is 0 Å². The number of rotatable bonds is 7. The van der Waals surface area contributed by atoms with Gasteiger partial charge in [0, 0.05) is 31.1 Å². The minimum absolute atomic E-state index is 0.0205. The van der Waals surface area contributed by atoms with Crippen molar-refractivity contribution in [2.75, 3.05) is 20.2 Å². The molecule has 1 fully saturated rings. The van der Waals surface area contributed by atoms with E-state index < -0.39 is 0 Å². The smallest absolute Gasteiger partial charge is 0.254 e. The average molecular weight is 440 g/mol. The highest BCUT2D eigenvalue weighted by Crippen LogP contribution is 2.31. The Morgan fingerprint density at radius 3 is 2.84 bits per heavy atom. The van der Waals surface area contributed by atoms with Crippen molar-refractivity contribution in [2.45, 2.75) is 52.7 Å². The number of nitrogens with zero attached hydrogens (tertiary/aromatic N) is 5. The summed E-state index contributed by atoms with van der Waals surface area (Å²) in [5.74, 6) is 2.93. The molecule has 0 N–H and O–H groups in total. The van der Waals surface area contributed by atoms with Gasteiger partial charge in [-0.3, -0.25) is 4.79 Å². The number of benzene rings is 1. The molecule has 0 aliphatic carbocycles. The number of likely N-dealkylation sites (tertiary alicyclic amines) is 1. The van der Waals surface area contributed by atoms with Gasteiger partial charge in [0.05, 0.1) is 18.4 Å². The van der Waals surface area contributed by atoms with E-state index in [1.807, 2.05) is 23.3 Å². The van der Waals surface area contributed by atoms with Crippen LogP contribution in [0.1, 0.15) is 58.9 Å². The number of aromatic nitrogens is 4. The summed E-state index contributed by atoms with van der Waals surface area (Å²) in [7, 11) is 1.57. The van der Waals surface area contributed by atoms with Crippen LogP contribution in [-0.2, 0) is 13.2 Å². The maximum atomic E-state index is 13.2.